The Hall–Kier alpha value is -3.11. The zero-order valence-corrected chi connectivity index (χ0v) is 17.8. The highest BCUT2D eigenvalue weighted by atomic mass is 79.9. The summed E-state index contributed by atoms with van der Waals surface area (Å²) in [6, 6.07) is 14.2. The minimum Gasteiger partial charge on any atom is -0.459 e. The van der Waals surface area contributed by atoms with Gasteiger partial charge in [-0.1, -0.05) is 58.4 Å². The van der Waals surface area contributed by atoms with E-state index in [9.17, 15) is 27.9 Å². The van der Waals surface area contributed by atoms with E-state index in [2.05, 4.69) is 21.2 Å². The Morgan fingerprint density at radius 3 is 2.31 bits per heavy atom. The number of halogens is 4. The van der Waals surface area contributed by atoms with Crippen LogP contribution in [0.1, 0.15) is 22.2 Å². The minimum absolute atomic E-state index is 0.0530. The van der Waals surface area contributed by atoms with Crippen LogP contribution in [0.25, 0.3) is 11.3 Å². The minimum atomic E-state index is -5.33. The maximum atomic E-state index is 13.9. The predicted octanol–water partition coefficient (Wildman–Crippen LogP) is 4.81. The summed E-state index contributed by atoms with van der Waals surface area (Å²) in [5.41, 5.74) is -3.23. The number of Topliss-reactive ketones (excluding diaryl/α,β-unsaturated/α-hetero) is 1. The summed E-state index contributed by atoms with van der Waals surface area (Å²) in [7, 11) is 0. The van der Waals surface area contributed by atoms with Crippen molar-refractivity contribution < 1.29 is 32.3 Å². The van der Waals surface area contributed by atoms with E-state index in [1.165, 1.54) is 41.7 Å². The number of aliphatic hydroxyl groups is 1. The Morgan fingerprint density at radius 1 is 1.03 bits per heavy atom. The maximum absolute atomic E-state index is 13.9. The highest BCUT2D eigenvalue weighted by molar-refractivity contribution is 9.10. The highest BCUT2D eigenvalue weighted by Gasteiger charge is 2.66. The Bertz CT molecular complexity index is 1150. The van der Waals surface area contributed by atoms with Gasteiger partial charge in [0.1, 0.15) is 23.5 Å². The van der Waals surface area contributed by atoms with Crippen LogP contribution in [0.5, 0.6) is 0 Å². The van der Waals surface area contributed by atoms with Gasteiger partial charge in [-0.25, -0.2) is 4.79 Å². The molecule has 2 amide bonds. The van der Waals surface area contributed by atoms with Gasteiger partial charge in [0.25, 0.3) is 0 Å². The van der Waals surface area contributed by atoms with Crippen LogP contribution in [0.3, 0.4) is 0 Å². The van der Waals surface area contributed by atoms with Crippen molar-refractivity contribution in [2.75, 3.05) is 0 Å². The lowest BCUT2D eigenvalue weighted by atomic mass is 9.79. The fourth-order valence-corrected chi connectivity index (χ4v) is 3.91. The predicted molar refractivity (Wildman–Crippen MR) is 112 cm³/mol. The van der Waals surface area contributed by atoms with E-state index < -0.39 is 35.7 Å². The molecule has 1 aliphatic heterocycles. The summed E-state index contributed by atoms with van der Waals surface area (Å²) in [5.74, 6) is -2.94. The summed E-state index contributed by atoms with van der Waals surface area (Å²) in [4.78, 5) is 25.3. The molecular weight excluding hydrogens is 493 g/mol. The number of furan rings is 1. The first-order chi connectivity index (χ1) is 15.1. The number of urea groups is 1. The Kier molecular flexibility index (Phi) is 5.59. The number of ketones is 1. The highest BCUT2D eigenvalue weighted by Crippen LogP contribution is 2.44. The zero-order chi connectivity index (χ0) is 23.1. The molecule has 1 fully saturated rings. The number of carbonyl (C=O) groups is 2. The topological polar surface area (TPSA) is 91.6 Å². The third-order valence-corrected chi connectivity index (χ3v) is 5.74. The van der Waals surface area contributed by atoms with Crippen molar-refractivity contribution in [3.05, 3.63) is 82.5 Å². The van der Waals surface area contributed by atoms with Crippen molar-refractivity contribution in [1.82, 2.24) is 10.6 Å². The molecule has 1 aliphatic rings. The van der Waals surface area contributed by atoms with Gasteiger partial charge in [-0.15, -0.1) is 0 Å². The number of hydrogen-bond donors (Lipinski definition) is 3. The molecule has 166 valence electrons. The van der Waals surface area contributed by atoms with Crippen LogP contribution >= 0.6 is 15.9 Å². The average molecular weight is 509 g/mol. The number of benzene rings is 2. The van der Waals surface area contributed by atoms with E-state index in [1.54, 1.807) is 30.3 Å². The molecule has 1 aromatic heterocycles. The van der Waals surface area contributed by atoms with Gasteiger partial charge in [0.15, 0.2) is 5.78 Å². The number of rotatable bonds is 4. The number of hydrogen-bond acceptors (Lipinski definition) is 4. The summed E-state index contributed by atoms with van der Waals surface area (Å²) >= 11 is 3.31. The van der Waals surface area contributed by atoms with Crippen LogP contribution in [-0.2, 0) is 0 Å². The molecule has 4 rings (SSSR count). The molecule has 0 spiro atoms. The SMILES string of the molecule is O=C1N[C@@H](c2ccc(-c3ccc(Br)cc3)o2)[C@H](C(=O)c2ccccc2)[C@@](O)(C(F)(F)F)N1. The molecule has 2 heterocycles. The molecule has 0 saturated carbocycles. The van der Waals surface area contributed by atoms with Gasteiger partial charge in [-0.05, 0) is 24.3 Å². The molecule has 32 heavy (non-hydrogen) atoms. The fourth-order valence-electron chi connectivity index (χ4n) is 3.65. The number of amides is 2. The molecular formula is C22H16BrF3N2O4. The van der Waals surface area contributed by atoms with Crippen molar-refractivity contribution in [3.63, 3.8) is 0 Å². The summed E-state index contributed by atoms with van der Waals surface area (Å²) in [5, 5.41) is 14.4. The van der Waals surface area contributed by atoms with Crippen molar-refractivity contribution in [2.45, 2.75) is 17.9 Å². The molecule has 3 atom stereocenters. The van der Waals surface area contributed by atoms with Gasteiger partial charge in [0, 0.05) is 15.6 Å². The van der Waals surface area contributed by atoms with E-state index in [0.717, 1.165) is 4.47 Å². The van der Waals surface area contributed by atoms with E-state index in [0.29, 0.717) is 11.3 Å². The number of nitrogens with one attached hydrogen (secondary N) is 2. The standard InChI is InChI=1S/C22H16BrF3N2O4/c23-14-8-6-12(7-9-14)15-10-11-16(32-15)18-17(19(29)13-4-2-1-3-5-13)21(31,22(24,25)26)28-20(30)27-18/h1-11,17-18,31H,(H2,27,28,30)/t17-,18+,21-/m1/s1. The summed E-state index contributed by atoms with van der Waals surface area (Å²) in [6.07, 6.45) is -5.33. The molecule has 0 unspecified atom stereocenters. The lowest BCUT2D eigenvalue weighted by molar-refractivity contribution is -0.288. The van der Waals surface area contributed by atoms with Gasteiger partial charge < -0.3 is 20.2 Å². The lowest BCUT2D eigenvalue weighted by Crippen LogP contribution is -2.72. The molecule has 6 nitrogen and oxygen atoms in total. The van der Waals surface area contributed by atoms with E-state index >= 15 is 0 Å². The van der Waals surface area contributed by atoms with Gasteiger partial charge in [0.05, 0.1) is 0 Å². The third-order valence-electron chi connectivity index (χ3n) is 5.21. The van der Waals surface area contributed by atoms with Crippen LogP contribution in [-0.4, -0.2) is 28.8 Å². The Morgan fingerprint density at radius 2 is 1.69 bits per heavy atom. The van der Waals surface area contributed by atoms with Crippen LogP contribution in [0, 0.1) is 5.92 Å². The maximum Gasteiger partial charge on any atom is 0.437 e. The van der Waals surface area contributed by atoms with E-state index in [1.807, 2.05) is 0 Å². The molecule has 0 aliphatic carbocycles. The Balaban J connectivity index is 1.80. The monoisotopic (exact) mass is 508 g/mol. The molecule has 1 saturated heterocycles. The van der Waals surface area contributed by atoms with Crippen molar-refractivity contribution in [1.29, 1.82) is 0 Å². The smallest absolute Gasteiger partial charge is 0.437 e. The summed E-state index contributed by atoms with van der Waals surface area (Å²) in [6.45, 7) is 0. The largest absolute Gasteiger partial charge is 0.459 e. The van der Waals surface area contributed by atoms with Gasteiger partial charge in [-0.3, -0.25) is 4.79 Å². The third kappa shape index (κ3) is 3.91. The number of alkyl halides is 3. The molecule has 3 N–H and O–H groups in total. The van der Waals surface area contributed by atoms with E-state index in [4.69, 9.17) is 4.42 Å². The second-order valence-corrected chi connectivity index (χ2v) is 8.17. The van der Waals surface area contributed by atoms with E-state index in [-0.39, 0.29) is 11.3 Å². The fraction of sp³-hybridized carbons (Fsp3) is 0.182. The van der Waals surface area contributed by atoms with Crippen LogP contribution in [0.15, 0.2) is 75.6 Å². The first-order valence-electron chi connectivity index (χ1n) is 9.43. The van der Waals surface area contributed by atoms with Gasteiger partial charge >= 0.3 is 12.2 Å². The second-order valence-electron chi connectivity index (χ2n) is 7.26. The van der Waals surface area contributed by atoms with Crippen molar-refractivity contribution >= 4 is 27.7 Å². The molecule has 0 bridgehead atoms. The second kappa shape index (κ2) is 8.10. The quantitative estimate of drug-likeness (QED) is 0.441. The Labute approximate surface area is 188 Å². The van der Waals surface area contributed by atoms with Gasteiger partial charge in [0.2, 0.25) is 5.72 Å². The molecule has 10 heteroatoms. The molecule has 3 aromatic rings. The molecule has 0 radical (unpaired) electrons. The lowest BCUT2D eigenvalue weighted by Gasteiger charge is -2.44. The first kappa shape index (κ1) is 22.1. The van der Waals surface area contributed by atoms with Crippen molar-refractivity contribution in [2.24, 2.45) is 5.92 Å². The zero-order valence-electron chi connectivity index (χ0n) is 16.2. The normalized spacial score (nSPS) is 23.3. The van der Waals surface area contributed by atoms with Gasteiger partial charge in [-0.2, -0.15) is 13.2 Å². The number of carbonyl (C=O) groups excluding carboxylic acids is 2. The first-order valence-corrected chi connectivity index (χ1v) is 10.2. The average Bonchev–Trinajstić information content (AvgIpc) is 3.23. The van der Waals surface area contributed by atoms with Crippen LogP contribution in [0.4, 0.5) is 18.0 Å². The van der Waals surface area contributed by atoms with Crippen molar-refractivity contribution in [3.8, 4) is 11.3 Å². The molecule has 2 aromatic carbocycles. The van der Waals surface area contributed by atoms with Crippen LogP contribution < -0.4 is 10.6 Å². The summed E-state index contributed by atoms with van der Waals surface area (Å²) < 4.78 is 48.4. The van der Waals surface area contributed by atoms with Crippen LogP contribution in [0.2, 0.25) is 0 Å².